The lowest BCUT2D eigenvalue weighted by atomic mass is 10.0. The van der Waals surface area contributed by atoms with E-state index < -0.39 is 18.3 Å². The van der Waals surface area contributed by atoms with Gasteiger partial charge in [0.2, 0.25) is 5.13 Å². The molecule has 5 nitrogen and oxygen atoms in total. The molecule has 1 atom stereocenters. The number of hydrogen-bond donors (Lipinski definition) is 2. The van der Waals surface area contributed by atoms with E-state index in [4.69, 9.17) is 0 Å². The highest BCUT2D eigenvalue weighted by Gasteiger charge is 2.62. The Morgan fingerprint density at radius 3 is 2.57 bits per heavy atom. The van der Waals surface area contributed by atoms with Gasteiger partial charge in [0.15, 0.2) is 0 Å². The van der Waals surface area contributed by atoms with Gasteiger partial charge in [-0.25, -0.2) is 4.98 Å². The summed E-state index contributed by atoms with van der Waals surface area (Å²) in [5, 5.41) is 25.9. The number of phenolic OH excluding ortho intramolecular Hbond substituents is 1. The second kappa shape index (κ2) is 5.20. The van der Waals surface area contributed by atoms with Crippen LogP contribution in [0.25, 0.3) is 0 Å². The summed E-state index contributed by atoms with van der Waals surface area (Å²) in [7, 11) is 0. The molecular formula is C14H12F3N3O2S. The summed E-state index contributed by atoms with van der Waals surface area (Å²) in [6.07, 6.45) is -5.74. The van der Waals surface area contributed by atoms with Crippen LogP contribution in [0.5, 0.6) is 5.75 Å². The van der Waals surface area contributed by atoms with Crippen molar-refractivity contribution in [3.8, 4) is 5.75 Å². The minimum Gasteiger partial charge on any atom is -0.507 e. The van der Waals surface area contributed by atoms with E-state index in [0.717, 1.165) is 11.3 Å². The molecule has 0 saturated heterocycles. The quantitative estimate of drug-likeness (QED) is 0.879. The maximum atomic E-state index is 13.4. The number of alkyl halides is 3. The molecule has 0 spiro atoms. The number of thiazole rings is 1. The number of nitrogens with zero attached hydrogens (tertiary/aromatic N) is 3. The van der Waals surface area contributed by atoms with Gasteiger partial charge in [0.25, 0.3) is 5.72 Å². The molecule has 0 bridgehead atoms. The second-order valence-electron chi connectivity index (χ2n) is 5.14. The van der Waals surface area contributed by atoms with Crippen LogP contribution >= 0.6 is 11.3 Å². The molecule has 0 amide bonds. The van der Waals surface area contributed by atoms with Gasteiger partial charge in [0.05, 0.1) is 17.8 Å². The van der Waals surface area contributed by atoms with E-state index in [2.05, 4.69) is 10.1 Å². The van der Waals surface area contributed by atoms with Gasteiger partial charge in [-0.15, -0.1) is 11.3 Å². The van der Waals surface area contributed by atoms with Crippen LogP contribution in [0.4, 0.5) is 18.3 Å². The van der Waals surface area contributed by atoms with Gasteiger partial charge in [0, 0.05) is 10.9 Å². The van der Waals surface area contributed by atoms with Crippen molar-refractivity contribution in [2.45, 2.75) is 25.2 Å². The summed E-state index contributed by atoms with van der Waals surface area (Å²) in [4.78, 5) is 3.97. The number of anilines is 1. The third-order valence-corrected chi connectivity index (χ3v) is 4.38. The van der Waals surface area contributed by atoms with E-state index in [9.17, 15) is 23.4 Å². The summed E-state index contributed by atoms with van der Waals surface area (Å²) in [6, 6.07) is 5.91. The standard InChI is InChI=1S/C14H12F3N3O2S/c1-8-7-23-12(18-8)20-13(22,14(15,16)17)6-10(19-20)9-4-2-3-5-11(9)21/h2-5,7,21-22H,6H2,1H3. The number of aromatic hydroxyl groups is 1. The predicted octanol–water partition coefficient (Wildman–Crippen LogP) is 3.02. The molecule has 2 N–H and O–H groups in total. The van der Waals surface area contributed by atoms with E-state index in [0.29, 0.717) is 10.7 Å². The molecule has 0 saturated carbocycles. The number of hydrogen-bond acceptors (Lipinski definition) is 6. The average Bonchev–Trinajstić information content (AvgIpc) is 3.03. The second-order valence-corrected chi connectivity index (χ2v) is 5.97. The lowest BCUT2D eigenvalue weighted by molar-refractivity contribution is -0.254. The van der Waals surface area contributed by atoms with E-state index in [1.54, 1.807) is 24.4 Å². The first-order chi connectivity index (χ1) is 10.7. The smallest absolute Gasteiger partial charge is 0.438 e. The van der Waals surface area contributed by atoms with Gasteiger partial charge in [-0.1, -0.05) is 12.1 Å². The predicted molar refractivity (Wildman–Crippen MR) is 79.6 cm³/mol. The summed E-state index contributed by atoms with van der Waals surface area (Å²) in [5.74, 6) is -0.201. The first-order valence-electron chi connectivity index (χ1n) is 6.60. The van der Waals surface area contributed by atoms with Gasteiger partial charge in [-0.3, -0.25) is 0 Å². The fraction of sp³-hybridized carbons (Fsp3) is 0.286. The molecule has 1 aliphatic heterocycles. The number of rotatable bonds is 2. The van der Waals surface area contributed by atoms with Gasteiger partial charge >= 0.3 is 6.18 Å². The summed E-state index contributed by atoms with van der Waals surface area (Å²) < 4.78 is 40.3. The van der Waals surface area contributed by atoms with Crippen molar-refractivity contribution < 1.29 is 23.4 Å². The zero-order valence-corrected chi connectivity index (χ0v) is 12.7. The van der Waals surface area contributed by atoms with Crippen LogP contribution < -0.4 is 5.01 Å². The van der Waals surface area contributed by atoms with Crippen LogP contribution in [0, 0.1) is 6.92 Å². The Morgan fingerprint density at radius 1 is 1.30 bits per heavy atom. The summed E-state index contributed by atoms with van der Waals surface area (Å²) >= 11 is 0.952. The molecular weight excluding hydrogens is 331 g/mol. The lowest BCUT2D eigenvalue weighted by Crippen LogP contribution is -2.55. The number of aryl methyl sites for hydroxylation is 1. The number of aromatic nitrogens is 1. The fourth-order valence-electron chi connectivity index (χ4n) is 2.27. The Labute approximate surface area is 133 Å². The van der Waals surface area contributed by atoms with Crippen molar-refractivity contribution in [1.29, 1.82) is 0 Å². The molecule has 1 aromatic carbocycles. The Balaban J connectivity index is 2.10. The number of hydrazone groups is 1. The SMILES string of the molecule is Cc1csc(N2N=C(c3ccccc3O)CC2(O)C(F)(F)F)n1. The Kier molecular flexibility index (Phi) is 3.56. The number of para-hydroxylation sites is 1. The van der Waals surface area contributed by atoms with E-state index in [1.807, 2.05) is 0 Å². The van der Waals surface area contributed by atoms with Gasteiger partial charge in [0.1, 0.15) is 5.75 Å². The minimum atomic E-state index is -4.94. The average molecular weight is 343 g/mol. The monoisotopic (exact) mass is 343 g/mol. The summed E-state index contributed by atoms with van der Waals surface area (Å²) in [6.45, 7) is 1.64. The zero-order chi connectivity index (χ0) is 16.8. The molecule has 2 aromatic rings. The van der Waals surface area contributed by atoms with Crippen LogP contribution in [-0.4, -0.2) is 32.8 Å². The Morgan fingerprint density at radius 2 is 2.00 bits per heavy atom. The largest absolute Gasteiger partial charge is 0.507 e. The van der Waals surface area contributed by atoms with E-state index >= 15 is 0 Å². The highest BCUT2D eigenvalue weighted by Crippen LogP contribution is 2.44. The van der Waals surface area contributed by atoms with Crippen molar-refractivity contribution in [3.05, 3.63) is 40.9 Å². The molecule has 1 aliphatic rings. The van der Waals surface area contributed by atoms with Crippen molar-refractivity contribution in [2.75, 3.05) is 5.01 Å². The number of halogens is 3. The molecule has 3 rings (SSSR count). The molecule has 1 unspecified atom stereocenters. The Bertz CT molecular complexity index is 775. The van der Waals surface area contributed by atoms with Crippen LogP contribution in [0.2, 0.25) is 0 Å². The van der Waals surface area contributed by atoms with Crippen LogP contribution in [0.3, 0.4) is 0 Å². The third-order valence-electron chi connectivity index (χ3n) is 3.44. The van der Waals surface area contributed by atoms with Gasteiger partial charge in [-0.2, -0.15) is 23.3 Å². The Hall–Kier alpha value is -2.13. The number of aliphatic hydroxyl groups is 1. The maximum absolute atomic E-state index is 13.4. The van der Waals surface area contributed by atoms with Gasteiger partial charge in [-0.05, 0) is 19.1 Å². The molecule has 9 heteroatoms. The lowest BCUT2D eigenvalue weighted by Gasteiger charge is -2.32. The van der Waals surface area contributed by atoms with Crippen molar-refractivity contribution in [3.63, 3.8) is 0 Å². The normalized spacial score (nSPS) is 21.6. The van der Waals surface area contributed by atoms with E-state index in [-0.39, 0.29) is 22.2 Å². The minimum absolute atomic E-state index is 0.0595. The third kappa shape index (κ3) is 2.55. The highest BCUT2D eigenvalue weighted by atomic mass is 32.1. The summed E-state index contributed by atoms with van der Waals surface area (Å²) in [5.41, 5.74) is -2.59. The first kappa shape index (κ1) is 15.8. The molecule has 122 valence electrons. The molecule has 2 heterocycles. The molecule has 23 heavy (non-hydrogen) atoms. The van der Waals surface area contributed by atoms with Crippen molar-refractivity contribution >= 4 is 22.2 Å². The zero-order valence-electron chi connectivity index (χ0n) is 11.9. The maximum Gasteiger partial charge on any atom is 0.438 e. The van der Waals surface area contributed by atoms with Crippen LogP contribution in [0.15, 0.2) is 34.7 Å². The van der Waals surface area contributed by atoms with Crippen LogP contribution in [0.1, 0.15) is 17.7 Å². The molecule has 1 aromatic heterocycles. The van der Waals surface area contributed by atoms with E-state index in [1.165, 1.54) is 12.1 Å². The highest BCUT2D eigenvalue weighted by molar-refractivity contribution is 7.13. The van der Waals surface area contributed by atoms with Crippen LogP contribution in [-0.2, 0) is 0 Å². The molecule has 0 fully saturated rings. The molecule has 0 aliphatic carbocycles. The van der Waals surface area contributed by atoms with Crippen molar-refractivity contribution in [1.82, 2.24) is 4.98 Å². The fourth-order valence-corrected chi connectivity index (χ4v) is 3.09. The first-order valence-corrected chi connectivity index (χ1v) is 7.47. The number of benzene rings is 1. The topological polar surface area (TPSA) is 69.0 Å². The van der Waals surface area contributed by atoms with Crippen molar-refractivity contribution in [2.24, 2.45) is 5.10 Å². The van der Waals surface area contributed by atoms with Gasteiger partial charge < -0.3 is 10.2 Å². The number of phenols is 1. The molecule has 0 radical (unpaired) electrons.